The van der Waals surface area contributed by atoms with Crippen LogP contribution in [0.15, 0.2) is 52.9 Å². The van der Waals surface area contributed by atoms with Crippen molar-refractivity contribution in [3.63, 3.8) is 0 Å². The summed E-state index contributed by atoms with van der Waals surface area (Å²) >= 11 is 2.84. The Morgan fingerprint density at radius 1 is 1.15 bits per heavy atom. The van der Waals surface area contributed by atoms with Crippen molar-refractivity contribution in [3.05, 3.63) is 65.2 Å². The van der Waals surface area contributed by atoms with E-state index in [2.05, 4.69) is 46.8 Å². The number of carbonyl (C=O) groups is 1. The number of nitrogens with one attached hydrogen (secondary N) is 2. The molecule has 0 aliphatic carbocycles. The summed E-state index contributed by atoms with van der Waals surface area (Å²) in [4.78, 5) is 12.2. The SMILES string of the molecule is Cc1ccc(Nc2nnc(SCC(=O)N[C@H](C)c3ccccc3)s2)c(C)c1. The lowest BCUT2D eigenvalue weighted by atomic mass is 10.1. The van der Waals surface area contributed by atoms with E-state index in [9.17, 15) is 4.79 Å². The number of nitrogens with zero attached hydrogens (tertiary/aromatic N) is 2. The molecule has 140 valence electrons. The second-order valence-electron chi connectivity index (χ2n) is 6.31. The maximum absolute atomic E-state index is 12.2. The highest BCUT2D eigenvalue weighted by Crippen LogP contribution is 2.29. The third kappa shape index (κ3) is 5.55. The van der Waals surface area contributed by atoms with Crippen LogP contribution in [0.5, 0.6) is 0 Å². The molecule has 5 nitrogen and oxygen atoms in total. The van der Waals surface area contributed by atoms with Gasteiger partial charge in [-0.05, 0) is 38.0 Å². The van der Waals surface area contributed by atoms with Gasteiger partial charge in [0.1, 0.15) is 0 Å². The standard InChI is InChI=1S/C20H22N4OS2/c1-13-9-10-17(14(2)11-13)22-19-23-24-20(27-19)26-12-18(25)21-15(3)16-7-5-4-6-8-16/h4-11,15H,12H2,1-3H3,(H,21,25)(H,22,23)/t15-/m1/s1. The molecule has 27 heavy (non-hydrogen) atoms. The van der Waals surface area contributed by atoms with E-state index in [4.69, 9.17) is 0 Å². The molecule has 0 saturated heterocycles. The lowest BCUT2D eigenvalue weighted by molar-refractivity contribution is -0.119. The summed E-state index contributed by atoms with van der Waals surface area (Å²) in [6, 6.07) is 16.1. The fraction of sp³-hybridized carbons (Fsp3) is 0.250. The number of benzene rings is 2. The predicted octanol–water partition coefficient (Wildman–Crippen LogP) is 4.87. The van der Waals surface area contributed by atoms with Gasteiger partial charge in [-0.15, -0.1) is 10.2 Å². The van der Waals surface area contributed by atoms with Crippen LogP contribution in [0.25, 0.3) is 0 Å². The van der Waals surface area contributed by atoms with Gasteiger partial charge in [0.15, 0.2) is 4.34 Å². The monoisotopic (exact) mass is 398 g/mol. The van der Waals surface area contributed by atoms with Crippen LogP contribution in [0, 0.1) is 13.8 Å². The number of anilines is 2. The highest BCUT2D eigenvalue weighted by molar-refractivity contribution is 8.01. The number of aryl methyl sites for hydroxylation is 2. The van der Waals surface area contributed by atoms with Gasteiger partial charge in [-0.25, -0.2) is 0 Å². The Bertz CT molecular complexity index is 911. The number of amides is 1. The molecule has 0 fully saturated rings. The van der Waals surface area contributed by atoms with Crippen molar-refractivity contribution in [1.82, 2.24) is 15.5 Å². The Kier molecular flexibility index (Phi) is 6.47. The van der Waals surface area contributed by atoms with Crippen LogP contribution in [-0.4, -0.2) is 21.9 Å². The molecule has 1 heterocycles. The molecule has 0 spiro atoms. The van der Waals surface area contributed by atoms with Crippen molar-refractivity contribution in [2.45, 2.75) is 31.2 Å². The molecule has 7 heteroatoms. The second kappa shape index (κ2) is 9.01. The molecule has 0 unspecified atom stereocenters. The topological polar surface area (TPSA) is 66.9 Å². The van der Waals surface area contributed by atoms with Gasteiger partial charge >= 0.3 is 0 Å². The van der Waals surface area contributed by atoms with Crippen LogP contribution < -0.4 is 10.6 Å². The molecule has 0 saturated carbocycles. The maximum atomic E-state index is 12.2. The number of thioether (sulfide) groups is 1. The predicted molar refractivity (Wildman–Crippen MR) is 113 cm³/mol. The summed E-state index contributed by atoms with van der Waals surface area (Å²) in [6.45, 7) is 6.11. The molecule has 0 aliphatic rings. The van der Waals surface area contributed by atoms with Crippen molar-refractivity contribution in [2.24, 2.45) is 0 Å². The number of hydrogen-bond donors (Lipinski definition) is 2. The third-order valence-corrected chi connectivity index (χ3v) is 6.01. The maximum Gasteiger partial charge on any atom is 0.230 e. The first-order valence-electron chi connectivity index (χ1n) is 8.66. The summed E-state index contributed by atoms with van der Waals surface area (Å²) in [5, 5.41) is 15.3. The fourth-order valence-electron chi connectivity index (χ4n) is 2.62. The van der Waals surface area contributed by atoms with Crippen LogP contribution in [0.4, 0.5) is 10.8 Å². The Hall–Kier alpha value is -2.38. The van der Waals surface area contributed by atoms with Crippen LogP contribution in [0.2, 0.25) is 0 Å². The summed E-state index contributed by atoms with van der Waals surface area (Å²) in [6.07, 6.45) is 0. The van der Waals surface area contributed by atoms with Crippen molar-refractivity contribution in [2.75, 3.05) is 11.1 Å². The molecule has 1 amide bonds. The minimum absolute atomic E-state index is 0.0181. The Morgan fingerprint density at radius 3 is 2.67 bits per heavy atom. The lowest BCUT2D eigenvalue weighted by Crippen LogP contribution is -2.28. The van der Waals surface area contributed by atoms with E-state index >= 15 is 0 Å². The zero-order valence-electron chi connectivity index (χ0n) is 15.5. The molecule has 0 radical (unpaired) electrons. The Morgan fingerprint density at radius 2 is 1.93 bits per heavy atom. The molecular weight excluding hydrogens is 376 g/mol. The average molecular weight is 399 g/mol. The van der Waals surface area contributed by atoms with E-state index < -0.39 is 0 Å². The minimum atomic E-state index is -0.0181. The van der Waals surface area contributed by atoms with E-state index in [1.165, 1.54) is 28.7 Å². The molecule has 0 aliphatic heterocycles. The third-order valence-electron chi connectivity index (χ3n) is 4.03. The van der Waals surface area contributed by atoms with Crippen LogP contribution in [-0.2, 0) is 4.79 Å². The summed E-state index contributed by atoms with van der Waals surface area (Å²) in [5.41, 5.74) is 4.49. The Labute approximate surface area is 167 Å². The number of aromatic nitrogens is 2. The van der Waals surface area contributed by atoms with Gasteiger partial charge in [-0.2, -0.15) is 0 Å². The molecule has 1 atom stereocenters. The van der Waals surface area contributed by atoms with E-state index in [0.29, 0.717) is 5.75 Å². The highest BCUT2D eigenvalue weighted by atomic mass is 32.2. The van der Waals surface area contributed by atoms with Gasteiger partial charge in [0, 0.05) is 5.69 Å². The first kappa shape index (κ1) is 19.4. The van der Waals surface area contributed by atoms with Crippen molar-refractivity contribution < 1.29 is 4.79 Å². The first-order chi connectivity index (χ1) is 13.0. The van der Waals surface area contributed by atoms with Crippen LogP contribution in [0.1, 0.15) is 29.7 Å². The largest absolute Gasteiger partial charge is 0.349 e. The Balaban J connectivity index is 1.51. The minimum Gasteiger partial charge on any atom is -0.349 e. The number of rotatable bonds is 7. The number of carbonyl (C=O) groups excluding carboxylic acids is 1. The van der Waals surface area contributed by atoms with Gasteiger partial charge in [0.05, 0.1) is 11.8 Å². The lowest BCUT2D eigenvalue weighted by Gasteiger charge is -2.13. The smallest absolute Gasteiger partial charge is 0.230 e. The van der Waals surface area contributed by atoms with Crippen molar-refractivity contribution >= 4 is 39.8 Å². The first-order valence-corrected chi connectivity index (χ1v) is 10.5. The van der Waals surface area contributed by atoms with Gasteiger partial charge in [0.25, 0.3) is 0 Å². The van der Waals surface area contributed by atoms with Gasteiger partial charge < -0.3 is 10.6 Å². The fourth-order valence-corrected chi connectivity index (χ4v) is 4.20. The van der Waals surface area contributed by atoms with Crippen molar-refractivity contribution in [1.29, 1.82) is 0 Å². The van der Waals surface area contributed by atoms with E-state index in [1.807, 2.05) is 43.3 Å². The second-order valence-corrected chi connectivity index (χ2v) is 8.51. The van der Waals surface area contributed by atoms with Gasteiger partial charge in [-0.3, -0.25) is 4.79 Å². The van der Waals surface area contributed by atoms with Crippen LogP contribution in [0.3, 0.4) is 0 Å². The molecule has 2 N–H and O–H groups in total. The van der Waals surface area contributed by atoms with Gasteiger partial charge in [-0.1, -0.05) is 71.1 Å². The van der Waals surface area contributed by atoms with Crippen molar-refractivity contribution in [3.8, 4) is 0 Å². The molecule has 3 rings (SSSR count). The zero-order valence-corrected chi connectivity index (χ0v) is 17.2. The molecule has 0 bridgehead atoms. The normalized spacial score (nSPS) is 11.8. The zero-order chi connectivity index (χ0) is 19.2. The number of hydrogen-bond acceptors (Lipinski definition) is 6. The summed E-state index contributed by atoms with van der Waals surface area (Å²) in [7, 11) is 0. The molecule has 3 aromatic rings. The van der Waals surface area contributed by atoms with Crippen LogP contribution >= 0.6 is 23.1 Å². The van der Waals surface area contributed by atoms with Gasteiger partial charge in [0.2, 0.25) is 11.0 Å². The summed E-state index contributed by atoms with van der Waals surface area (Å²) in [5.74, 6) is 0.297. The average Bonchev–Trinajstić information content (AvgIpc) is 3.10. The molecular formula is C20H22N4OS2. The highest BCUT2D eigenvalue weighted by Gasteiger charge is 2.12. The summed E-state index contributed by atoms with van der Waals surface area (Å²) < 4.78 is 0.768. The van der Waals surface area contributed by atoms with E-state index in [0.717, 1.165) is 26.3 Å². The molecule has 1 aromatic heterocycles. The van der Waals surface area contributed by atoms with E-state index in [1.54, 1.807) is 0 Å². The molecule has 2 aromatic carbocycles. The van der Waals surface area contributed by atoms with E-state index in [-0.39, 0.29) is 11.9 Å². The quantitative estimate of drug-likeness (QED) is 0.556.